The molecule has 0 saturated heterocycles. The fraction of sp³-hybridized carbons (Fsp3) is 0.0667. The number of hydrogen-bond donors (Lipinski definition) is 2. The second kappa shape index (κ2) is 7.69. The maximum absolute atomic E-state index is 12.2. The van der Waals surface area contributed by atoms with Crippen molar-refractivity contribution < 1.29 is 19.6 Å². The summed E-state index contributed by atoms with van der Waals surface area (Å²) in [6.45, 7) is -0.932. The number of anilines is 1. The van der Waals surface area contributed by atoms with Crippen molar-refractivity contribution >= 4 is 52.2 Å². The third-order valence-electron chi connectivity index (χ3n) is 3.08. The van der Waals surface area contributed by atoms with Crippen LogP contribution in [0.1, 0.15) is 20.7 Å². The minimum absolute atomic E-state index is 0.0500. The molecule has 0 aliphatic rings. The Balaban J connectivity index is 2.30. The molecular formula is C15H9Cl3N2O5. The summed E-state index contributed by atoms with van der Waals surface area (Å²) < 4.78 is 0. The van der Waals surface area contributed by atoms with E-state index in [2.05, 4.69) is 5.32 Å². The monoisotopic (exact) mass is 402 g/mol. The minimum Gasteiger partial charge on any atom is -0.507 e. The van der Waals surface area contributed by atoms with E-state index in [1.54, 1.807) is 0 Å². The first-order chi connectivity index (χ1) is 11.7. The zero-order valence-electron chi connectivity index (χ0n) is 12.3. The Bertz CT molecular complexity index is 886. The number of phenols is 1. The molecule has 0 aromatic heterocycles. The van der Waals surface area contributed by atoms with Crippen molar-refractivity contribution in [2.75, 3.05) is 11.9 Å². The largest absolute Gasteiger partial charge is 0.507 e. The summed E-state index contributed by atoms with van der Waals surface area (Å²) in [5, 5.41) is 22.7. The van der Waals surface area contributed by atoms with E-state index in [9.17, 15) is 24.8 Å². The van der Waals surface area contributed by atoms with E-state index in [-0.39, 0.29) is 37.6 Å². The molecule has 130 valence electrons. The highest BCUT2D eigenvalue weighted by Gasteiger charge is 2.20. The van der Waals surface area contributed by atoms with Crippen LogP contribution in [0, 0.1) is 10.1 Å². The Hall–Kier alpha value is -2.35. The molecule has 10 heteroatoms. The van der Waals surface area contributed by atoms with E-state index in [0.29, 0.717) is 0 Å². The molecule has 1 amide bonds. The third-order valence-corrected chi connectivity index (χ3v) is 3.94. The molecule has 2 rings (SSSR count). The number of amides is 1. The van der Waals surface area contributed by atoms with Crippen LogP contribution in [0.25, 0.3) is 0 Å². The summed E-state index contributed by atoms with van der Waals surface area (Å²) in [6, 6.07) is 6.24. The third kappa shape index (κ3) is 4.60. The van der Waals surface area contributed by atoms with Crippen LogP contribution in [-0.2, 0) is 0 Å². The summed E-state index contributed by atoms with van der Waals surface area (Å²) in [4.78, 5) is 33.6. The first kappa shape index (κ1) is 19.0. The molecule has 0 aliphatic heterocycles. The summed E-state index contributed by atoms with van der Waals surface area (Å²) in [7, 11) is 0. The number of nitro groups is 1. The summed E-state index contributed by atoms with van der Waals surface area (Å²) in [5.41, 5.74) is -0.158. The van der Waals surface area contributed by atoms with Gasteiger partial charge in [0.25, 0.3) is 12.5 Å². The van der Waals surface area contributed by atoms with E-state index >= 15 is 0 Å². The lowest BCUT2D eigenvalue weighted by Gasteiger charge is -2.11. The van der Waals surface area contributed by atoms with E-state index in [1.165, 1.54) is 24.3 Å². The first-order valence-electron chi connectivity index (χ1n) is 6.63. The molecule has 0 unspecified atom stereocenters. The van der Waals surface area contributed by atoms with Gasteiger partial charge in [0, 0.05) is 15.5 Å². The molecule has 7 nitrogen and oxygen atoms in total. The van der Waals surface area contributed by atoms with E-state index in [0.717, 1.165) is 6.07 Å². The van der Waals surface area contributed by atoms with E-state index in [4.69, 9.17) is 34.8 Å². The summed E-state index contributed by atoms with van der Waals surface area (Å²) in [5.74, 6) is -1.81. The average Bonchev–Trinajstić information content (AvgIpc) is 2.52. The first-order valence-corrected chi connectivity index (χ1v) is 7.76. The summed E-state index contributed by atoms with van der Waals surface area (Å²) >= 11 is 17.7. The van der Waals surface area contributed by atoms with Crippen molar-refractivity contribution in [2.45, 2.75) is 0 Å². The lowest BCUT2D eigenvalue weighted by atomic mass is 10.1. The normalized spacial score (nSPS) is 10.4. The molecule has 2 N–H and O–H groups in total. The molecule has 25 heavy (non-hydrogen) atoms. The van der Waals surface area contributed by atoms with Gasteiger partial charge in [0.1, 0.15) is 5.75 Å². The highest BCUT2D eigenvalue weighted by Crippen LogP contribution is 2.31. The van der Waals surface area contributed by atoms with E-state index in [1.807, 2.05) is 0 Å². The van der Waals surface area contributed by atoms with Crippen LogP contribution < -0.4 is 5.32 Å². The molecule has 0 heterocycles. The Morgan fingerprint density at radius 2 is 1.76 bits per heavy atom. The van der Waals surface area contributed by atoms with Gasteiger partial charge < -0.3 is 10.4 Å². The minimum atomic E-state index is -0.932. The van der Waals surface area contributed by atoms with Gasteiger partial charge in [-0.15, -0.1) is 0 Å². The number of ketones is 1. The molecule has 0 atom stereocenters. The number of carbonyl (C=O) groups excluding carboxylic acids is 2. The standard InChI is InChI=1S/C15H9Cl3N2O5/c16-7-1-2-13(21)9(3-7)15(23)19-12-5-10(17)8(4-11(12)18)14(22)6-20(24)25/h1-5,21H,6H2,(H,19,23). The van der Waals surface area contributed by atoms with Crippen LogP contribution in [0.2, 0.25) is 15.1 Å². The van der Waals surface area contributed by atoms with Gasteiger partial charge in [0.05, 0.1) is 21.3 Å². The number of carbonyl (C=O) groups is 2. The topological polar surface area (TPSA) is 110 Å². The predicted octanol–water partition coefficient (Wildman–Crippen LogP) is 4.06. The van der Waals surface area contributed by atoms with Gasteiger partial charge in [-0.05, 0) is 30.3 Å². The fourth-order valence-corrected chi connectivity index (χ4v) is 2.59. The number of Topliss-reactive ketones (excluding diaryl/α,β-unsaturated/α-hetero) is 1. The van der Waals surface area contributed by atoms with Crippen LogP contribution >= 0.6 is 34.8 Å². The molecule has 0 saturated carbocycles. The van der Waals surface area contributed by atoms with Crippen molar-refractivity contribution in [2.24, 2.45) is 0 Å². The number of hydrogen-bond acceptors (Lipinski definition) is 5. The Morgan fingerprint density at radius 1 is 1.08 bits per heavy atom. The van der Waals surface area contributed by atoms with Crippen LogP contribution in [-0.4, -0.2) is 28.3 Å². The van der Waals surface area contributed by atoms with Gasteiger partial charge in [-0.25, -0.2) is 0 Å². The number of benzene rings is 2. The van der Waals surface area contributed by atoms with Crippen molar-refractivity contribution in [1.29, 1.82) is 0 Å². The van der Waals surface area contributed by atoms with Gasteiger partial charge >= 0.3 is 0 Å². The Kier molecular flexibility index (Phi) is 5.84. The smallest absolute Gasteiger partial charge is 0.265 e. The fourth-order valence-electron chi connectivity index (χ4n) is 1.94. The molecule has 0 spiro atoms. The molecule has 2 aromatic rings. The number of aromatic hydroxyl groups is 1. The number of halogens is 3. The van der Waals surface area contributed by atoms with Crippen molar-refractivity contribution in [3.63, 3.8) is 0 Å². The van der Waals surface area contributed by atoms with Crippen LogP contribution in [0.15, 0.2) is 30.3 Å². The van der Waals surface area contributed by atoms with Gasteiger partial charge in [-0.3, -0.25) is 19.7 Å². The van der Waals surface area contributed by atoms with Crippen LogP contribution in [0.3, 0.4) is 0 Å². The van der Waals surface area contributed by atoms with Gasteiger partial charge in [-0.1, -0.05) is 34.8 Å². The van der Waals surface area contributed by atoms with Crippen LogP contribution in [0.5, 0.6) is 5.75 Å². The lowest BCUT2D eigenvalue weighted by molar-refractivity contribution is -0.465. The van der Waals surface area contributed by atoms with Gasteiger partial charge in [-0.2, -0.15) is 0 Å². The number of phenolic OH excluding ortho intramolecular Hbond substituents is 1. The maximum atomic E-state index is 12.2. The van der Waals surface area contributed by atoms with Crippen LogP contribution in [0.4, 0.5) is 5.69 Å². The number of nitrogens with one attached hydrogen (secondary N) is 1. The number of rotatable bonds is 5. The highest BCUT2D eigenvalue weighted by molar-refractivity contribution is 6.38. The molecular weight excluding hydrogens is 395 g/mol. The Labute approximate surface area is 156 Å². The average molecular weight is 404 g/mol. The highest BCUT2D eigenvalue weighted by atomic mass is 35.5. The molecule has 0 bridgehead atoms. The molecule has 0 fully saturated rings. The van der Waals surface area contributed by atoms with E-state index < -0.39 is 23.2 Å². The second-order valence-electron chi connectivity index (χ2n) is 4.84. The Morgan fingerprint density at radius 3 is 2.40 bits per heavy atom. The second-order valence-corrected chi connectivity index (χ2v) is 6.09. The molecule has 0 radical (unpaired) electrons. The zero-order chi connectivity index (χ0) is 18.7. The maximum Gasteiger partial charge on any atom is 0.265 e. The van der Waals surface area contributed by atoms with Gasteiger partial charge in [0.15, 0.2) is 0 Å². The summed E-state index contributed by atoms with van der Waals surface area (Å²) in [6.07, 6.45) is 0. The van der Waals surface area contributed by atoms with Crippen molar-refractivity contribution in [1.82, 2.24) is 0 Å². The predicted molar refractivity (Wildman–Crippen MR) is 93.7 cm³/mol. The SMILES string of the molecule is O=C(Nc1cc(Cl)c(C(=O)C[N+](=O)[O-])cc1Cl)c1cc(Cl)ccc1O. The quantitative estimate of drug-likeness (QED) is 0.444. The zero-order valence-corrected chi connectivity index (χ0v) is 14.5. The lowest BCUT2D eigenvalue weighted by Crippen LogP contribution is -2.15. The molecule has 2 aromatic carbocycles. The number of nitrogens with zero attached hydrogens (tertiary/aromatic N) is 1. The van der Waals surface area contributed by atoms with Crippen molar-refractivity contribution in [3.05, 3.63) is 66.6 Å². The molecule has 0 aliphatic carbocycles. The van der Waals surface area contributed by atoms with Crippen molar-refractivity contribution in [3.8, 4) is 5.75 Å². The van der Waals surface area contributed by atoms with Gasteiger partial charge in [0.2, 0.25) is 5.78 Å².